The molecule has 0 atom stereocenters. The van der Waals surface area contributed by atoms with Gasteiger partial charge in [-0.2, -0.15) is 0 Å². The standard InChI is InChI=1S/C12H11BrFN3/c1-15-9-5-10(7-16-6-9)17-12-4-8(14)2-3-11(12)13/h2-7,15,17H,1H3. The summed E-state index contributed by atoms with van der Waals surface area (Å²) in [5.74, 6) is -0.284. The molecule has 1 heterocycles. The molecule has 0 aliphatic heterocycles. The number of nitrogens with zero attached hydrogens (tertiary/aromatic N) is 1. The van der Waals surface area contributed by atoms with Gasteiger partial charge >= 0.3 is 0 Å². The highest BCUT2D eigenvalue weighted by molar-refractivity contribution is 9.10. The van der Waals surface area contributed by atoms with Gasteiger partial charge in [-0.05, 0) is 40.2 Å². The van der Waals surface area contributed by atoms with E-state index in [-0.39, 0.29) is 5.82 Å². The van der Waals surface area contributed by atoms with E-state index in [4.69, 9.17) is 0 Å². The van der Waals surface area contributed by atoms with Crippen LogP contribution >= 0.6 is 15.9 Å². The summed E-state index contributed by atoms with van der Waals surface area (Å²) in [6, 6.07) is 6.38. The largest absolute Gasteiger partial charge is 0.387 e. The molecule has 0 bridgehead atoms. The predicted octanol–water partition coefficient (Wildman–Crippen LogP) is 3.77. The maximum absolute atomic E-state index is 13.1. The minimum atomic E-state index is -0.284. The number of hydrogen-bond acceptors (Lipinski definition) is 3. The molecule has 2 rings (SSSR count). The minimum absolute atomic E-state index is 0.284. The summed E-state index contributed by atoms with van der Waals surface area (Å²) < 4.78 is 13.9. The molecule has 0 saturated heterocycles. The summed E-state index contributed by atoms with van der Waals surface area (Å²) in [6.45, 7) is 0. The van der Waals surface area contributed by atoms with Crippen molar-refractivity contribution in [2.24, 2.45) is 0 Å². The highest BCUT2D eigenvalue weighted by Gasteiger charge is 2.03. The molecule has 0 spiro atoms. The molecular formula is C12H11BrFN3. The van der Waals surface area contributed by atoms with Crippen LogP contribution in [0.4, 0.5) is 21.5 Å². The second-order valence-electron chi connectivity index (χ2n) is 3.46. The lowest BCUT2D eigenvalue weighted by Crippen LogP contribution is -1.95. The average Bonchev–Trinajstić information content (AvgIpc) is 2.34. The third-order valence-corrected chi connectivity index (χ3v) is 2.93. The van der Waals surface area contributed by atoms with Crippen LogP contribution in [-0.4, -0.2) is 12.0 Å². The lowest BCUT2D eigenvalue weighted by molar-refractivity contribution is 0.628. The van der Waals surface area contributed by atoms with Crippen molar-refractivity contribution >= 4 is 33.0 Å². The number of aromatic nitrogens is 1. The van der Waals surface area contributed by atoms with Crippen molar-refractivity contribution in [1.29, 1.82) is 0 Å². The first-order valence-electron chi connectivity index (χ1n) is 5.04. The Kier molecular flexibility index (Phi) is 3.58. The van der Waals surface area contributed by atoms with E-state index < -0.39 is 0 Å². The zero-order valence-corrected chi connectivity index (χ0v) is 10.8. The molecule has 0 aliphatic carbocycles. The molecule has 2 aromatic rings. The van der Waals surface area contributed by atoms with E-state index in [0.717, 1.165) is 15.8 Å². The van der Waals surface area contributed by atoms with Gasteiger partial charge in [0.15, 0.2) is 0 Å². The van der Waals surface area contributed by atoms with E-state index in [0.29, 0.717) is 5.69 Å². The van der Waals surface area contributed by atoms with Gasteiger partial charge in [-0.3, -0.25) is 4.98 Å². The molecule has 88 valence electrons. The van der Waals surface area contributed by atoms with Crippen LogP contribution in [0.1, 0.15) is 0 Å². The van der Waals surface area contributed by atoms with Crippen LogP contribution in [0.5, 0.6) is 0 Å². The summed E-state index contributed by atoms with van der Waals surface area (Å²) >= 11 is 3.36. The topological polar surface area (TPSA) is 37.0 Å². The van der Waals surface area contributed by atoms with Crippen molar-refractivity contribution in [2.45, 2.75) is 0 Å². The normalized spacial score (nSPS) is 10.1. The Morgan fingerprint density at radius 3 is 2.71 bits per heavy atom. The van der Waals surface area contributed by atoms with Gasteiger partial charge in [-0.1, -0.05) is 0 Å². The summed E-state index contributed by atoms with van der Waals surface area (Å²) in [4.78, 5) is 4.07. The summed E-state index contributed by atoms with van der Waals surface area (Å²) in [5.41, 5.74) is 2.35. The number of hydrogen-bond donors (Lipinski definition) is 2. The third kappa shape index (κ3) is 2.94. The number of rotatable bonds is 3. The highest BCUT2D eigenvalue weighted by Crippen LogP contribution is 2.27. The smallest absolute Gasteiger partial charge is 0.125 e. The Hall–Kier alpha value is -1.62. The van der Waals surface area contributed by atoms with E-state index in [2.05, 4.69) is 31.5 Å². The zero-order chi connectivity index (χ0) is 12.3. The second kappa shape index (κ2) is 5.14. The molecule has 5 heteroatoms. The lowest BCUT2D eigenvalue weighted by Gasteiger charge is -2.09. The number of anilines is 3. The number of halogens is 2. The van der Waals surface area contributed by atoms with E-state index >= 15 is 0 Å². The van der Waals surface area contributed by atoms with Crippen molar-refractivity contribution < 1.29 is 4.39 Å². The van der Waals surface area contributed by atoms with Gasteiger partial charge in [0.2, 0.25) is 0 Å². The monoisotopic (exact) mass is 295 g/mol. The maximum Gasteiger partial charge on any atom is 0.125 e. The van der Waals surface area contributed by atoms with E-state index in [1.807, 2.05) is 13.1 Å². The first kappa shape index (κ1) is 11.9. The zero-order valence-electron chi connectivity index (χ0n) is 9.17. The van der Waals surface area contributed by atoms with Gasteiger partial charge in [-0.15, -0.1) is 0 Å². The van der Waals surface area contributed by atoms with Crippen LogP contribution in [-0.2, 0) is 0 Å². The molecule has 0 aliphatic rings. The van der Waals surface area contributed by atoms with Crippen LogP contribution in [0.25, 0.3) is 0 Å². The van der Waals surface area contributed by atoms with Crippen LogP contribution in [0.3, 0.4) is 0 Å². The van der Waals surface area contributed by atoms with Crippen LogP contribution in [0.15, 0.2) is 41.1 Å². The van der Waals surface area contributed by atoms with Crippen LogP contribution in [0, 0.1) is 5.82 Å². The Balaban J connectivity index is 2.27. The first-order chi connectivity index (χ1) is 8.19. The van der Waals surface area contributed by atoms with E-state index in [9.17, 15) is 4.39 Å². The molecule has 0 radical (unpaired) electrons. The Morgan fingerprint density at radius 2 is 1.94 bits per heavy atom. The van der Waals surface area contributed by atoms with Crippen molar-refractivity contribution in [3.63, 3.8) is 0 Å². The fraction of sp³-hybridized carbons (Fsp3) is 0.0833. The summed E-state index contributed by atoms with van der Waals surface area (Å²) in [5, 5.41) is 6.09. The van der Waals surface area contributed by atoms with Crippen LogP contribution < -0.4 is 10.6 Å². The Bertz CT molecular complexity index is 531. The predicted molar refractivity (Wildman–Crippen MR) is 71.2 cm³/mol. The van der Waals surface area contributed by atoms with Crippen molar-refractivity contribution in [2.75, 3.05) is 17.7 Å². The maximum atomic E-state index is 13.1. The molecule has 2 N–H and O–H groups in total. The molecule has 1 aromatic carbocycles. The fourth-order valence-electron chi connectivity index (χ4n) is 1.39. The summed E-state index contributed by atoms with van der Waals surface area (Å²) in [7, 11) is 1.82. The minimum Gasteiger partial charge on any atom is -0.387 e. The number of nitrogens with one attached hydrogen (secondary N) is 2. The molecule has 17 heavy (non-hydrogen) atoms. The first-order valence-corrected chi connectivity index (χ1v) is 5.83. The van der Waals surface area contributed by atoms with Crippen molar-refractivity contribution in [3.8, 4) is 0 Å². The molecule has 1 aromatic heterocycles. The van der Waals surface area contributed by atoms with Gasteiger partial charge in [0.1, 0.15) is 5.82 Å². The second-order valence-corrected chi connectivity index (χ2v) is 4.32. The highest BCUT2D eigenvalue weighted by atomic mass is 79.9. The molecule has 3 nitrogen and oxygen atoms in total. The Labute approximate surface area is 107 Å². The van der Waals surface area contributed by atoms with Gasteiger partial charge in [0, 0.05) is 11.5 Å². The Morgan fingerprint density at radius 1 is 1.18 bits per heavy atom. The molecular weight excluding hydrogens is 285 g/mol. The average molecular weight is 296 g/mol. The molecule has 0 fully saturated rings. The fourth-order valence-corrected chi connectivity index (χ4v) is 1.74. The number of benzene rings is 1. The molecule has 0 saturated carbocycles. The SMILES string of the molecule is CNc1cncc(Nc2cc(F)ccc2Br)c1. The third-order valence-electron chi connectivity index (χ3n) is 2.23. The van der Waals surface area contributed by atoms with Gasteiger partial charge in [-0.25, -0.2) is 4.39 Å². The lowest BCUT2D eigenvalue weighted by atomic mass is 10.3. The van der Waals surface area contributed by atoms with E-state index in [1.54, 1.807) is 18.5 Å². The van der Waals surface area contributed by atoms with Crippen molar-refractivity contribution in [1.82, 2.24) is 4.98 Å². The van der Waals surface area contributed by atoms with Crippen molar-refractivity contribution in [3.05, 3.63) is 46.9 Å². The van der Waals surface area contributed by atoms with E-state index in [1.165, 1.54) is 12.1 Å². The van der Waals surface area contributed by atoms with Gasteiger partial charge in [0.05, 0.1) is 29.5 Å². The molecule has 0 amide bonds. The van der Waals surface area contributed by atoms with Gasteiger partial charge < -0.3 is 10.6 Å². The van der Waals surface area contributed by atoms with Crippen LogP contribution in [0.2, 0.25) is 0 Å². The number of pyridine rings is 1. The molecule has 0 unspecified atom stereocenters. The quantitative estimate of drug-likeness (QED) is 0.905. The summed E-state index contributed by atoms with van der Waals surface area (Å²) in [6.07, 6.45) is 3.39. The van der Waals surface area contributed by atoms with Gasteiger partial charge in [0.25, 0.3) is 0 Å².